The first kappa shape index (κ1) is 21.4. The fourth-order valence-electron chi connectivity index (χ4n) is 3.69. The molecule has 1 N–H and O–H groups in total. The van der Waals surface area contributed by atoms with Crippen LogP contribution in [0.3, 0.4) is 0 Å². The molecule has 4 aromatic rings. The minimum atomic E-state index is -0.0102. The van der Waals surface area contributed by atoms with Crippen LogP contribution in [0.2, 0.25) is 0 Å². The zero-order valence-corrected chi connectivity index (χ0v) is 18.2. The van der Waals surface area contributed by atoms with Crippen LogP contribution in [0.4, 0.5) is 0 Å². The van der Waals surface area contributed by atoms with Gasteiger partial charge in [-0.2, -0.15) is 0 Å². The van der Waals surface area contributed by atoms with E-state index in [0.717, 1.165) is 28.7 Å². The average molecular weight is 426 g/mol. The van der Waals surface area contributed by atoms with Gasteiger partial charge in [0.25, 0.3) is 0 Å². The van der Waals surface area contributed by atoms with Gasteiger partial charge in [-0.3, -0.25) is 4.79 Å². The molecule has 0 heterocycles. The van der Waals surface area contributed by atoms with Crippen molar-refractivity contribution in [3.63, 3.8) is 0 Å². The Morgan fingerprint density at radius 3 is 2.19 bits per heavy atom. The molecule has 0 bridgehead atoms. The summed E-state index contributed by atoms with van der Waals surface area (Å²) in [6.45, 7) is 3.08. The first-order chi connectivity index (χ1) is 15.7. The Bertz CT molecular complexity index is 1170. The molecule has 4 aromatic carbocycles. The van der Waals surface area contributed by atoms with Gasteiger partial charge >= 0.3 is 0 Å². The monoisotopic (exact) mass is 425 g/mol. The second kappa shape index (κ2) is 10.5. The van der Waals surface area contributed by atoms with Crippen molar-refractivity contribution in [1.82, 2.24) is 5.32 Å². The quantitative estimate of drug-likeness (QED) is 0.353. The van der Waals surface area contributed by atoms with Crippen molar-refractivity contribution >= 4 is 16.7 Å². The maximum atomic E-state index is 11.1. The number of ether oxygens (including phenoxy) is 2. The number of carbonyl (C=O) groups is 1. The van der Waals surface area contributed by atoms with E-state index in [1.54, 1.807) is 0 Å². The zero-order chi connectivity index (χ0) is 22.2. The standard InChI is InChI=1S/C28H27NO3/c1-21(30)29-17-16-25-9-5-8-24-12-15-27(20-28(24)25)32-19-18-31-26-13-10-23(11-14-26)22-6-3-2-4-7-22/h2-15,20H,16-19H2,1H3,(H,29,30). The molecule has 0 atom stereocenters. The third kappa shape index (κ3) is 5.67. The van der Waals surface area contributed by atoms with Crippen molar-refractivity contribution in [1.29, 1.82) is 0 Å². The lowest BCUT2D eigenvalue weighted by Crippen LogP contribution is -2.22. The molecule has 0 aliphatic carbocycles. The fraction of sp³-hybridized carbons (Fsp3) is 0.179. The van der Waals surface area contributed by atoms with Gasteiger partial charge in [0.05, 0.1) is 0 Å². The van der Waals surface area contributed by atoms with Crippen molar-refractivity contribution in [3.8, 4) is 22.6 Å². The van der Waals surface area contributed by atoms with E-state index in [0.29, 0.717) is 19.8 Å². The molecule has 0 spiro atoms. The van der Waals surface area contributed by atoms with Crippen LogP contribution in [0, 0.1) is 0 Å². The third-order valence-electron chi connectivity index (χ3n) is 5.29. The van der Waals surface area contributed by atoms with Gasteiger partial charge in [-0.05, 0) is 58.1 Å². The first-order valence-electron chi connectivity index (χ1n) is 10.9. The number of amides is 1. The van der Waals surface area contributed by atoms with Gasteiger partial charge in [0.15, 0.2) is 0 Å². The summed E-state index contributed by atoms with van der Waals surface area (Å²) in [6, 6.07) is 30.7. The van der Waals surface area contributed by atoms with E-state index in [1.807, 2.05) is 42.5 Å². The molecule has 1 amide bonds. The van der Waals surface area contributed by atoms with Gasteiger partial charge in [-0.15, -0.1) is 0 Å². The summed E-state index contributed by atoms with van der Waals surface area (Å²) in [5, 5.41) is 5.16. The molecule has 4 rings (SSSR count). The summed E-state index contributed by atoms with van der Waals surface area (Å²) in [7, 11) is 0. The van der Waals surface area contributed by atoms with Gasteiger partial charge in [-0.1, -0.05) is 66.7 Å². The Labute approximate surface area is 188 Å². The molecule has 0 radical (unpaired) electrons. The highest BCUT2D eigenvalue weighted by Gasteiger charge is 2.04. The van der Waals surface area contributed by atoms with E-state index in [9.17, 15) is 4.79 Å². The summed E-state index contributed by atoms with van der Waals surface area (Å²) in [5.74, 6) is 1.63. The minimum Gasteiger partial charge on any atom is -0.490 e. The van der Waals surface area contributed by atoms with Crippen molar-refractivity contribution in [2.24, 2.45) is 0 Å². The van der Waals surface area contributed by atoms with Gasteiger partial charge in [0.2, 0.25) is 5.91 Å². The summed E-state index contributed by atoms with van der Waals surface area (Å²) >= 11 is 0. The van der Waals surface area contributed by atoms with E-state index in [2.05, 4.69) is 53.8 Å². The molecule has 0 unspecified atom stereocenters. The highest BCUT2D eigenvalue weighted by atomic mass is 16.5. The van der Waals surface area contributed by atoms with E-state index >= 15 is 0 Å². The summed E-state index contributed by atoms with van der Waals surface area (Å²) in [5.41, 5.74) is 3.55. The van der Waals surface area contributed by atoms with Crippen LogP contribution in [0.5, 0.6) is 11.5 Å². The normalized spacial score (nSPS) is 10.7. The molecule has 0 saturated heterocycles. The van der Waals surface area contributed by atoms with Crippen LogP contribution in [-0.4, -0.2) is 25.7 Å². The average Bonchev–Trinajstić information content (AvgIpc) is 2.83. The van der Waals surface area contributed by atoms with Gasteiger partial charge in [-0.25, -0.2) is 0 Å². The second-order valence-electron chi connectivity index (χ2n) is 7.62. The highest BCUT2D eigenvalue weighted by Crippen LogP contribution is 2.25. The topological polar surface area (TPSA) is 47.6 Å². The van der Waals surface area contributed by atoms with Crippen molar-refractivity contribution in [3.05, 3.63) is 96.6 Å². The molecule has 0 saturated carbocycles. The summed E-state index contributed by atoms with van der Waals surface area (Å²) in [6.07, 6.45) is 0.780. The number of hydrogen-bond donors (Lipinski definition) is 1. The molecule has 0 fully saturated rings. The van der Waals surface area contributed by atoms with E-state index in [4.69, 9.17) is 9.47 Å². The fourth-order valence-corrected chi connectivity index (χ4v) is 3.69. The van der Waals surface area contributed by atoms with Crippen LogP contribution in [-0.2, 0) is 11.2 Å². The number of fused-ring (bicyclic) bond motifs is 1. The van der Waals surface area contributed by atoms with Gasteiger partial charge < -0.3 is 14.8 Å². The predicted octanol–water partition coefficient (Wildman–Crippen LogP) is 5.64. The van der Waals surface area contributed by atoms with Gasteiger partial charge in [0.1, 0.15) is 24.7 Å². The molecular weight excluding hydrogens is 398 g/mol. The van der Waals surface area contributed by atoms with E-state index in [1.165, 1.54) is 23.6 Å². The lowest BCUT2D eigenvalue weighted by Gasteiger charge is -2.11. The maximum absolute atomic E-state index is 11.1. The highest BCUT2D eigenvalue weighted by molar-refractivity contribution is 5.87. The molecule has 0 aromatic heterocycles. The van der Waals surface area contributed by atoms with E-state index in [-0.39, 0.29) is 5.91 Å². The molecule has 4 heteroatoms. The molecule has 162 valence electrons. The first-order valence-corrected chi connectivity index (χ1v) is 10.9. The summed E-state index contributed by atoms with van der Waals surface area (Å²) < 4.78 is 11.8. The number of hydrogen-bond acceptors (Lipinski definition) is 3. The predicted molar refractivity (Wildman–Crippen MR) is 129 cm³/mol. The van der Waals surface area contributed by atoms with Crippen LogP contribution in [0.25, 0.3) is 21.9 Å². The van der Waals surface area contributed by atoms with Crippen molar-refractivity contribution in [2.75, 3.05) is 19.8 Å². The Kier molecular flexibility index (Phi) is 7.03. The molecule has 32 heavy (non-hydrogen) atoms. The van der Waals surface area contributed by atoms with E-state index < -0.39 is 0 Å². The largest absolute Gasteiger partial charge is 0.490 e. The number of nitrogens with one attached hydrogen (secondary N) is 1. The second-order valence-corrected chi connectivity index (χ2v) is 7.62. The van der Waals surface area contributed by atoms with Crippen LogP contribution < -0.4 is 14.8 Å². The number of carbonyl (C=O) groups excluding carboxylic acids is 1. The van der Waals surface area contributed by atoms with Crippen molar-refractivity contribution in [2.45, 2.75) is 13.3 Å². The lowest BCUT2D eigenvalue weighted by molar-refractivity contribution is -0.118. The molecule has 0 aliphatic rings. The van der Waals surface area contributed by atoms with Crippen molar-refractivity contribution < 1.29 is 14.3 Å². The Morgan fingerprint density at radius 1 is 0.750 bits per heavy atom. The summed E-state index contributed by atoms with van der Waals surface area (Å²) in [4.78, 5) is 11.1. The zero-order valence-electron chi connectivity index (χ0n) is 18.2. The Balaban J connectivity index is 1.31. The smallest absolute Gasteiger partial charge is 0.216 e. The van der Waals surface area contributed by atoms with Crippen LogP contribution in [0.1, 0.15) is 12.5 Å². The molecular formula is C28H27NO3. The Morgan fingerprint density at radius 2 is 1.44 bits per heavy atom. The Hall–Kier alpha value is -3.79. The molecule has 0 aliphatic heterocycles. The lowest BCUT2D eigenvalue weighted by atomic mass is 10.0. The van der Waals surface area contributed by atoms with Crippen LogP contribution in [0.15, 0.2) is 91.0 Å². The number of rotatable bonds is 9. The van der Waals surface area contributed by atoms with Crippen LogP contribution >= 0.6 is 0 Å². The van der Waals surface area contributed by atoms with Gasteiger partial charge in [0, 0.05) is 13.5 Å². The third-order valence-corrected chi connectivity index (χ3v) is 5.29. The SMILES string of the molecule is CC(=O)NCCc1cccc2ccc(OCCOc3ccc(-c4ccccc4)cc3)cc12. The minimum absolute atomic E-state index is 0.0102. The maximum Gasteiger partial charge on any atom is 0.216 e. The molecule has 4 nitrogen and oxygen atoms in total. The number of benzene rings is 4.